The molecule has 1 aromatic carbocycles. The van der Waals surface area contributed by atoms with Crippen molar-refractivity contribution in [1.82, 2.24) is 9.97 Å². The van der Waals surface area contributed by atoms with Gasteiger partial charge in [-0.25, -0.2) is 9.97 Å². The van der Waals surface area contributed by atoms with Gasteiger partial charge in [0, 0.05) is 5.39 Å². The first kappa shape index (κ1) is 10.3. The number of benzene rings is 1. The monoisotopic (exact) mass is 252 g/mol. The molecule has 0 radical (unpaired) electrons. The Balaban J connectivity index is 2.31. The molecule has 0 atom stereocenters. The van der Waals surface area contributed by atoms with Crippen molar-refractivity contribution < 1.29 is 0 Å². The summed E-state index contributed by atoms with van der Waals surface area (Å²) in [4.78, 5) is 8.18. The van der Waals surface area contributed by atoms with Gasteiger partial charge in [0.1, 0.15) is 5.15 Å². The van der Waals surface area contributed by atoms with Crippen LogP contribution in [0.1, 0.15) is 24.0 Å². The van der Waals surface area contributed by atoms with E-state index in [-0.39, 0.29) is 5.28 Å². The van der Waals surface area contributed by atoms with E-state index in [1.54, 1.807) is 0 Å². The summed E-state index contributed by atoms with van der Waals surface area (Å²) in [6.07, 6.45) is 4.77. The molecule has 0 saturated heterocycles. The highest BCUT2D eigenvalue weighted by molar-refractivity contribution is 6.35. The molecule has 1 aliphatic rings. The smallest absolute Gasteiger partial charge is 0.218 e. The molecule has 4 heteroatoms. The van der Waals surface area contributed by atoms with Gasteiger partial charge in [-0.1, -0.05) is 11.6 Å². The topological polar surface area (TPSA) is 25.8 Å². The van der Waals surface area contributed by atoms with E-state index in [2.05, 4.69) is 22.1 Å². The normalized spacial score (nSPS) is 15.1. The molecule has 0 fully saturated rings. The quantitative estimate of drug-likeness (QED) is 0.527. The molecule has 2 nitrogen and oxygen atoms in total. The van der Waals surface area contributed by atoms with Crippen molar-refractivity contribution in [3.63, 3.8) is 0 Å². The first-order chi connectivity index (χ1) is 7.74. The number of fused-ring (bicyclic) bond motifs is 2. The van der Waals surface area contributed by atoms with Crippen molar-refractivity contribution in [1.29, 1.82) is 0 Å². The molecule has 1 aromatic heterocycles. The number of hydrogen-bond donors (Lipinski definition) is 0. The zero-order valence-electron chi connectivity index (χ0n) is 8.63. The molecule has 0 amide bonds. The summed E-state index contributed by atoms with van der Waals surface area (Å²) >= 11 is 11.9. The van der Waals surface area contributed by atoms with Crippen molar-refractivity contribution in [2.24, 2.45) is 0 Å². The average Bonchev–Trinajstić information content (AvgIpc) is 2.27. The highest BCUT2D eigenvalue weighted by atomic mass is 35.5. The minimum Gasteiger partial charge on any atom is -0.218 e. The van der Waals surface area contributed by atoms with Gasteiger partial charge in [-0.2, -0.15) is 0 Å². The Kier molecular flexibility index (Phi) is 2.49. The van der Waals surface area contributed by atoms with E-state index in [0.717, 1.165) is 23.7 Å². The lowest BCUT2D eigenvalue weighted by Crippen LogP contribution is -2.03. The van der Waals surface area contributed by atoms with Crippen molar-refractivity contribution in [3.05, 3.63) is 33.7 Å². The fourth-order valence-electron chi connectivity index (χ4n) is 2.30. The van der Waals surface area contributed by atoms with E-state index < -0.39 is 0 Å². The second kappa shape index (κ2) is 3.86. The van der Waals surface area contributed by atoms with E-state index in [1.165, 1.54) is 24.0 Å². The molecule has 0 saturated carbocycles. The van der Waals surface area contributed by atoms with Crippen molar-refractivity contribution in [2.45, 2.75) is 25.7 Å². The van der Waals surface area contributed by atoms with Gasteiger partial charge in [0.15, 0.2) is 0 Å². The van der Waals surface area contributed by atoms with Crippen LogP contribution in [-0.4, -0.2) is 9.97 Å². The highest BCUT2D eigenvalue weighted by Gasteiger charge is 2.13. The van der Waals surface area contributed by atoms with Crippen LogP contribution in [-0.2, 0) is 12.8 Å². The maximum atomic E-state index is 6.07. The molecule has 0 N–H and O–H groups in total. The predicted molar refractivity (Wildman–Crippen MR) is 66.2 cm³/mol. The molecular formula is C12H10Cl2N2. The Morgan fingerprint density at radius 1 is 0.938 bits per heavy atom. The van der Waals surface area contributed by atoms with Crippen LogP contribution in [0.4, 0.5) is 0 Å². The number of aryl methyl sites for hydroxylation is 2. The van der Waals surface area contributed by atoms with Crippen molar-refractivity contribution in [3.8, 4) is 0 Å². The second-order valence-electron chi connectivity index (χ2n) is 4.13. The number of aromatic nitrogens is 2. The van der Waals surface area contributed by atoms with Crippen LogP contribution in [0, 0.1) is 0 Å². The molecule has 0 aliphatic heterocycles. The SMILES string of the molecule is Clc1nc(Cl)c2cc3c(cc2n1)CCCC3. The van der Waals surface area contributed by atoms with Gasteiger partial charge in [-0.05, 0) is 60.5 Å². The average molecular weight is 253 g/mol. The molecule has 1 aliphatic carbocycles. The largest absolute Gasteiger partial charge is 0.224 e. The fourth-order valence-corrected chi connectivity index (χ4v) is 2.75. The lowest BCUT2D eigenvalue weighted by Gasteiger charge is -2.16. The van der Waals surface area contributed by atoms with Crippen LogP contribution >= 0.6 is 23.2 Å². The third-order valence-electron chi connectivity index (χ3n) is 3.09. The first-order valence-corrected chi connectivity index (χ1v) is 6.14. The van der Waals surface area contributed by atoms with Gasteiger partial charge in [0.25, 0.3) is 0 Å². The van der Waals surface area contributed by atoms with Gasteiger partial charge < -0.3 is 0 Å². The minimum atomic E-state index is 0.216. The molecule has 82 valence electrons. The zero-order valence-corrected chi connectivity index (χ0v) is 10.1. The fraction of sp³-hybridized carbons (Fsp3) is 0.333. The van der Waals surface area contributed by atoms with Crippen molar-refractivity contribution in [2.75, 3.05) is 0 Å². The number of nitrogens with zero attached hydrogens (tertiary/aromatic N) is 2. The Morgan fingerprint density at radius 2 is 1.62 bits per heavy atom. The van der Waals surface area contributed by atoms with Crippen LogP contribution < -0.4 is 0 Å². The van der Waals surface area contributed by atoms with Crippen molar-refractivity contribution >= 4 is 34.1 Å². The molecular weight excluding hydrogens is 243 g/mol. The predicted octanol–water partition coefficient (Wildman–Crippen LogP) is 3.82. The summed E-state index contributed by atoms with van der Waals surface area (Å²) in [5, 5.41) is 1.57. The highest BCUT2D eigenvalue weighted by Crippen LogP contribution is 2.29. The maximum Gasteiger partial charge on any atom is 0.224 e. The molecule has 0 spiro atoms. The van der Waals surface area contributed by atoms with Crippen LogP contribution in [0.5, 0.6) is 0 Å². The molecule has 0 bridgehead atoms. The molecule has 16 heavy (non-hydrogen) atoms. The van der Waals surface area contributed by atoms with Gasteiger partial charge in [0.2, 0.25) is 5.28 Å². The molecule has 1 heterocycles. The number of rotatable bonds is 0. The Labute approximate surface area is 104 Å². The van der Waals surface area contributed by atoms with Crippen LogP contribution in [0.25, 0.3) is 10.9 Å². The van der Waals surface area contributed by atoms with Gasteiger partial charge in [-0.15, -0.1) is 0 Å². The third-order valence-corrected chi connectivity index (χ3v) is 3.54. The van der Waals surface area contributed by atoms with E-state index in [4.69, 9.17) is 23.2 Å². The number of halogens is 2. The Bertz CT molecular complexity index is 566. The lowest BCUT2D eigenvalue weighted by molar-refractivity contribution is 0.687. The summed E-state index contributed by atoms with van der Waals surface area (Å²) in [6, 6.07) is 4.21. The summed E-state index contributed by atoms with van der Waals surface area (Å²) < 4.78 is 0. The first-order valence-electron chi connectivity index (χ1n) is 5.38. The van der Waals surface area contributed by atoms with Crippen LogP contribution in [0.2, 0.25) is 10.4 Å². The Morgan fingerprint density at radius 3 is 2.38 bits per heavy atom. The summed E-state index contributed by atoms with van der Waals surface area (Å²) in [7, 11) is 0. The van der Waals surface area contributed by atoms with Gasteiger partial charge in [-0.3, -0.25) is 0 Å². The van der Waals surface area contributed by atoms with E-state index in [0.29, 0.717) is 5.15 Å². The number of hydrogen-bond acceptors (Lipinski definition) is 2. The molecule has 0 unspecified atom stereocenters. The summed E-state index contributed by atoms with van der Waals surface area (Å²) in [5.41, 5.74) is 3.61. The van der Waals surface area contributed by atoms with Gasteiger partial charge >= 0.3 is 0 Å². The van der Waals surface area contributed by atoms with Gasteiger partial charge in [0.05, 0.1) is 5.52 Å². The summed E-state index contributed by atoms with van der Waals surface area (Å²) in [6.45, 7) is 0. The zero-order chi connectivity index (χ0) is 11.1. The van der Waals surface area contributed by atoms with E-state index >= 15 is 0 Å². The molecule has 3 rings (SSSR count). The Hall–Kier alpha value is -0.860. The minimum absolute atomic E-state index is 0.216. The second-order valence-corrected chi connectivity index (χ2v) is 4.82. The lowest BCUT2D eigenvalue weighted by atomic mass is 9.91. The van der Waals surface area contributed by atoms with Crippen LogP contribution in [0.15, 0.2) is 12.1 Å². The molecule has 2 aromatic rings. The maximum absolute atomic E-state index is 6.07. The third kappa shape index (κ3) is 1.66. The standard InChI is InChI=1S/C12H10Cl2N2/c13-11-9-5-7-3-1-2-4-8(7)6-10(9)15-12(14)16-11/h5-6H,1-4H2. The summed E-state index contributed by atoms with van der Waals surface area (Å²) in [5.74, 6) is 0. The van der Waals surface area contributed by atoms with Crippen LogP contribution in [0.3, 0.4) is 0 Å². The van der Waals surface area contributed by atoms with E-state index in [1.807, 2.05) is 0 Å². The van der Waals surface area contributed by atoms with E-state index in [9.17, 15) is 0 Å².